The van der Waals surface area contributed by atoms with Gasteiger partial charge in [-0.15, -0.1) is 0 Å². The molecule has 0 aliphatic rings. The summed E-state index contributed by atoms with van der Waals surface area (Å²) in [4.78, 5) is 17.8. The highest BCUT2D eigenvalue weighted by molar-refractivity contribution is 5.30. The first-order valence-corrected chi connectivity index (χ1v) is 9.84. The lowest BCUT2D eigenvalue weighted by molar-refractivity contribution is 0.0956. The monoisotopic (exact) mass is 410 g/mol. The van der Waals surface area contributed by atoms with Gasteiger partial charge in [0.25, 0.3) is 5.56 Å². The van der Waals surface area contributed by atoms with E-state index in [1.54, 1.807) is 0 Å². The minimum atomic E-state index is -0.850. The first kappa shape index (κ1) is 21.7. The normalized spacial score (nSPS) is 13.2. The molecule has 2 atom stereocenters. The van der Waals surface area contributed by atoms with Crippen LogP contribution < -0.4 is 5.56 Å². The van der Waals surface area contributed by atoms with Gasteiger partial charge in [0.05, 0.1) is 25.2 Å². The van der Waals surface area contributed by atoms with Gasteiger partial charge in [-0.25, -0.2) is 4.98 Å². The molecule has 0 aliphatic carbocycles. The summed E-state index contributed by atoms with van der Waals surface area (Å²) >= 11 is 0. The number of aliphatic hydroxyl groups excluding tert-OH is 3. The summed E-state index contributed by atoms with van der Waals surface area (Å²) in [6, 6.07) is 15.4. The highest BCUT2D eigenvalue weighted by Gasteiger charge is 2.16. The van der Waals surface area contributed by atoms with Gasteiger partial charge in [-0.1, -0.05) is 48.5 Å². The number of hydrogen-bond acceptors (Lipinski definition) is 6. The number of benzene rings is 2. The second-order valence-corrected chi connectivity index (χ2v) is 7.29. The minimum absolute atomic E-state index is 0.126. The predicted molar refractivity (Wildman–Crippen MR) is 112 cm³/mol. The van der Waals surface area contributed by atoms with Gasteiger partial charge in [0.2, 0.25) is 5.75 Å². The number of nitrogens with zero attached hydrogens (tertiary/aromatic N) is 1. The number of hydrogen-bond donors (Lipinski definition) is 5. The van der Waals surface area contributed by atoms with Crippen molar-refractivity contribution in [2.75, 3.05) is 13.2 Å². The largest absolute Gasteiger partial charge is 0.502 e. The summed E-state index contributed by atoms with van der Waals surface area (Å²) in [6.45, 7) is -0.420. The predicted octanol–water partition coefficient (Wildman–Crippen LogP) is 1.60. The Morgan fingerprint density at radius 1 is 0.867 bits per heavy atom. The molecule has 7 nitrogen and oxygen atoms in total. The minimum Gasteiger partial charge on any atom is -0.502 e. The van der Waals surface area contributed by atoms with Crippen molar-refractivity contribution >= 4 is 0 Å². The number of aromatic nitrogens is 2. The van der Waals surface area contributed by atoms with Crippen molar-refractivity contribution in [2.24, 2.45) is 0 Å². The van der Waals surface area contributed by atoms with Crippen molar-refractivity contribution in [1.29, 1.82) is 0 Å². The highest BCUT2D eigenvalue weighted by Crippen LogP contribution is 2.23. The van der Waals surface area contributed by atoms with Crippen molar-refractivity contribution in [3.05, 3.63) is 93.2 Å². The van der Waals surface area contributed by atoms with E-state index in [1.165, 1.54) is 6.33 Å². The van der Waals surface area contributed by atoms with Crippen LogP contribution >= 0.6 is 0 Å². The fraction of sp³-hybridized carbons (Fsp3) is 0.304. The van der Waals surface area contributed by atoms with E-state index in [0.29, 0.717) is 5.56 Å². The van der Waals surface area contributed by atoms with Gasteiger partial charge in [0.15, 0.2) is 0 Å². The van der Waals surface area contributed by atoms with Gasteiger partial charge in [-0.3, -0.25) is 4.79 Å². The van der Waals surface area contributed by atoms with E-state index in [1.807, 2.05) is 48.5 Å². The van der Waals surface area contributed by atoms with E-state index < -0.39 is 17.4 Å². The van der Waals surface area contributed by atoms with Crippen molar-refractivity contribution in [1.82, 2.24) is 9.97 Å². The van der Waals surface area contributed by atoms with Crippen LogP contribution in [0.5, 0.6) is 5.75 Å². The lowest BCUT2D eigenvalue weighted by Crippen LogP contribution is -2.14. The molecule has 1 aromatic heterocycles. The Bertz CT molecular complexity index is 999. The fourth-order valence-corrected chi connectivity index (χ4v) is 3.36. The summed E-state index contributed by atoms with van der Waals surface area (Å²) < 4.78 is 0. The Kier molecular flexibility index (Phi) is 7.35. The molecule has 0 saturated carbocycles. The summed E-state index contributed by atoms with van der Waals surface area (Å²) in [7, 11) is 0. The van der Waals surface area contributed by atoms with Crippen molar-refractivity contribution in [3.8, 4) is 5.75 Å². The number of aliphatic hydroxyl groups is 3. The highest BCUT2D eigenvalue weighted by atomic mass is 16.3. The number of aryl methyl sites for hydroxylation is 2. The number of aromatic amines is 1. The second kappa shape index (κ2) is 10.2. The topological polar surface area (TPSA) is 127 Å². The van der Waals surface area contributed by atoms with Crippen molar-refractivity contribution in [2.45, 2.75) is 31.3 Å². The summed E-state index contributed by atoms with van der Waals surface area (Å²) in [5.41, 5.74) is 3.55. The molecule has 0 amide bonds. The molecule has 158 valence electrons. The van der Waals surface area contributed by atoms with E-state index in [-0.39, 0.29) is 31.2 Å². The molecule has 0 fully saturated rings. The van der Waals surface area contributed by atoms with Crippen molar-refractivity contribution in [3.63, 3.8) is 0 Å². The Balaban J connectivity index is 1.62. The van der Waals surface area contributed by atoms with E-state index in [2.05, 4.69) is 9.97 Å². The molecule has 3 rings (SSSR count). The summed E-state index contributed by atoms with van der Waals surface area (Å²) in [6.07, 6.45) is 2.33. The van der Waals surface area contributed by atoms with Gasteiger partial charge in [0.1, 0.15) is 6.10 Å². The average molecular weight is 410 g/mol. The molecule has 3 aromatic rings. The third-order valence-electron chi connectivity index (χ3n) is 5.26. The molecule has 0 aliphatic heterocycles. The Morgan fingerprint density at radius 2 is 1.43 bits per heavy atom. The van der Waals surface area contributed by atoms with Gasteiger partial charge in [0, 0.05) is 12.3 Å². The molecular formula is C23H26N2O5. The maximum atomic E-state index is 11.5. The first-order valence-electron chi connectivity index (χ1n) is 9.84. The smallest absolute Gasteiger partial charge is 0.293 e. The van der Waals surface area contributed by atoms with Crippen LogP contribution in [0.3, 0.4) is 0 Å². The van der Waals surface area contributed by atoms with Crippen LogP contribution in [-0.2, 0) is 19.3 Å². The zero-order valence-electron chi connectivity index (χ0n) is 16.5. The fourth-order valence-electron chi connectivity index (χ4n) is 3.36. The van der Waals surface area contributed by atoms with E-state index in [0.717, 1.165) is 29.5 Å². The summed E-state index contributed by atoms with van der Waals surface area (Å²) in [5.74, 6) is -0.685. The molecule has 2 aromatic carbocycles. The average Bonchev–Trinajstić information content (AvgIpc) is 2.79. The third kappa shape index (κ3) is 5.33. The Labute approximate surface area is 174 Å². The van der Waals surface area contributed by atoms with Crippen LogP contribution in [0.1, 0.15) is 40.0 Å². The van der Waals surface area contributed by atoms with Crippen LogP contribution in [0, 0.1) is 0 Å². The van der Waals surface area contributed by atoms with Gasteiger partial charge >= 0.3 is 0 Å². The molecule has 7 heteroatoms. The molecule has 1 heterocycles. The maximum Gasteiger partial charge on any atom is 0.293 e. The molecular weight excluding hydrogens is 384 g/mol. The van der Waals surface area contributed by atoms with Crippen LogP contribution in [0.4, 0.5) is 0 Å². The number of nitrogens with one attached hydrogen (secondary N) is 1. The number of rotatable bonds is 9. The third-order valence-corrected chi connectivity index (χ3v) is 5.26. The van der Waals surface area contributed by atoms with Gasteiger partial charge in [-0.2, -0.15) is 0 Å². The molecule has 2 unspecified atom stereocenters. The quantitative estimate of drug-likeness (QED) is 0.365. The van der Waals surface area contributed by atoms with E-state index in [9.17, 15) is 20.1 Å². The zero-order valence-corrected chi connectivity index (χ0v) is 16.5. The van der Waals surface area contributed by atoms with Crippen LogP contribution in [0.2, 0.25) is 0 Å². The van der Waals surface area contributed by atoms with Crippen LogP contribution in [0.25, 0.3) is 0 Å². The second-order valence-electron chi connectivity index (χ2n) is 7.29. The Morgan fingerprint density at radius 3 is 1.97 bits per heavy atom. The lowest BCUT2D eigenvalue weighted by atomic mass is 9.93. The molecule has 5 N–H and O–H groups in total. The maximum absolute atomic E-state index is 11.5. The number of aromatic hydroxyl groups is 1. The molecule has 0 radical (unpaired) electrons. The SMILES string of the molecule is O=c1[nH]cnc(CC(CO)c2ccc(CCc3ccc(C(O)CO)cc3)cc2)c1O. The standard InChI is InChI=1S/C23H26N2O5/c26-12-19(11-20-22(29)23(30)25-14-24-20)17-7-3-15(4-8-17)1-2-16-5-9-18(10-6-16)21(28)13-27/h3-10,14,19,21,26-29H,1-2,11-13H2,(H,24,25,30). The Hall–Kier alpha value is -3.00. The molecule has 30 heavy (non-hydrogen) atoms. The van der Waals surface area contributed by atoms with Crippen LogP contribution in [0.15, 0.2) is 59.7 Å². The van der Waals surface area contributed by atoms with Gasteiger partial charge < -0.3 is 25.4 Å². The van der Waals surface area contributed by atoms with Crippen molar-refractivity contribution < 1.29 is 20.4 Å². The zero-order chi connectivity index (χ0) is 21.5. The summed E-state index contributed by atoms with van der Waals surface area (Å²) in [5, 5.41) is 38.3. The molecule has 0 saturated heterocycles. The molecule has 0 bridgehead atoms. The first-order chi connectivity index (χ1) is 14.5. The van der Waals surface area contributed by atoms with Crippen LogP contribution in [-0.4, -0.2) is 43.6 Å². The van der Waals surface area contributed by atoms with Gasteiger partial charge in [-0.05, 0) is 35.1 Å². The van der Waals surface area contributed by atoms with E-state index >= 15 is 0 Å². The van der Waals surface area contributed by atoms with E-state index in [4.69, 9.17) is 5.11 Å². The number of H-pyrrole nitrogens is 1. The molecule has 0 spiro atoms. The lowest BCUT2D eigenvalue weighted by Gasteiger charge is -2.15.